The summed E-state index contributed by atoms with van der Waals surface area (Å²) in [6.07, 6.45) is 3.05. The largest absolute Gasteiger partial charge is 0.364 e. The van der Waals surface area contributed by atoms with Crippen LogP contribution in [0.4, 0.5) is 0 Å². The van der Waals surface area contributed by atoms with E-state index < -0.39 is 0 Å². The Bertz CT molecular complexity index is 325. The summed E-state index contributed by atoms with van der Waals surface area (Å²) in [6.45, 7) is 4.33. The molecule has 2 atom stereocenters. The smallest absolute Gasteiger partial charge is 0.127 e. The van der Waals surface area contributed by atoms with Crippen molar-refractivity contribution in [3.63, 3.8) is 0 Å². The summed E-state index contributed by atoms with van der Waals surface area (Å²) < 4.78 is 4.97. The molecule has 2 heterocycles. The molecule has 3 rings (SSSR count). The Morgan fingerprint density at radius 2 is 2.54 bits per heavy atom. The second-order valence-electron chi connectivity index (χ2n) is 4.03. The fourth-order valence-electron chi connectivity index (χ4n) is 2.48. The molecule has 4 heteroatoms. The van der Waals surface area contributed by atoms with Crippen LogP contribution < -0.4 is 5.32 Å². The van der Waals surface area contributed by atoms with E-state index in [1.54, 1.807) is 6.26 Å². The first-order valence-corrected chi connectivity index (χ1v) is 4.45. The van der Waals surface area contributed by atoms with Crippen molar-refractivity contribution in [1.82, 2.24) is 10.5 Å². The molecule has 0 amide bonds. The van der Waals surface area contributed by atoms with E-state index >= 15 is 0 Å². The number of fused-ring (bicyclic) bond motifs is 1. The molecule has 1 saturated carbocycles. The number of nitrogens with zero attached hydrogens (tertiary/aromatic N) is 1. The minimum atomic E-state index is 0. The number of rotatable bonds is 1. The lowest BCUT2D eigenvalue weighted by molar-refractivity contribution is 0.402. The Hall–Kier alpha value is -0.540. The standard InChI is InChI=1S/C9H12N2O.ClH/c1-6-4-12-11-8(6)9-2-7(9)3-10-5-9;/h4,7,10H,2-3,5H2,1H3;1H. The Balaban J connectivity index is 0.000000653. The monoisotopic (exact) mass is 200 g/mol. The maximum Gasteiger partial charge on any atom is 0.127 e. The predicted molar refractivity (Wildman–Crippen MR) is 51.1 cm³/mol. The molecule has 1 aromatic rings. The number of hydrogen-bond donors (Lipinski definition) is 1. The highest BCUT2D eigenvalue weighted by molar-refractivity contribution is 5.85. The molecule has 1 aliphatic heterocycles. The molecule has 1 aliphatic carbocycles. The third-order valence-electron chi connectivity index (χ3n) is 3.28. The van der Waals surface area contributed by atoms with Gasteiger partial charge in [0.05, 0.1) is 5.69 Å². The van der Waals surface area contributed by atoms with E-state index in [-0.39, 0.29) is 12.4 Å². The average Bonchev–Trinajstić information content (AvgIpc) is 2.49. The lowest BCUT2D eigenvalue weighted by Crippen LogP contribution is -2.20. The van der Waals surface area contributed by atoms with Crippen LogP contribution in [0.3, 0.4) is 0 Å². The molecule has 1 N–H and O–H groups in total. The van der Waals surface area contributed by atoms with Crippen LogP contribution >= 0.6 is 12.4 Å². The van der Waals surface area contributed by atoms with Crippen molar-refractivity contribution in [2.75, 3.05) is 13.1 Å². The van der Waals surface area contributed by atoms with Crippen LogP contribution in [0.15, 0.2) is 10.8 Å². The van der Waals surface area contributed by atoms with Gasteiger partial charge in [0.15, 0.2) is 0 Å². The lowest BCUT2D eigenvalue weighted by atomic mass is 9.99. The van der Waals surface area contributed by atoms with E-state index in [0.29, 0.717) is 5.41 Å². The SMILES string of the molecule is Cc1conc1C12CNCC1C2.Cl. The van der Waals surface area contributed by atoms with E-state index in [0.717, 1.165) is 19.0 Å². The summed E-state index contributed by atoms with van der Waals surface area (Å²) in [7, 11) is 0. The van der Waals surface area contributed by atoms with Crippen LogP contribution in [-0.2, 0) is 5.41 Å². The molecule has 1 aromatic heterocycles. The average molecular weight is 201 g/mol. The highest BCUT2D eigenvalue weighted by atomic mass is 35.5. The molecule has 3 nitrogen and oxygen atoms in total. The molecule has 2 fully saturated rings. The fourth-order valence-corrected chi connectivity index (χ4v) is 2.48. The van der Waals surface area contributed by atoms with Gasteiger partial charge >= 0.3 is 0 Å². The van der Waals surface area contributed by atoms with E-state index in [2.05, 4.69) is 17.4 Å². The van der Waals surface area contributed by atoms with Crippen molar-refractivity contribution >= 4 is 12.4 Å². The summed E-state index contributed by atoms with van der Waals surface area (Å²) in [5.74, 6) is 0.821. The molecule has 0 bridgehead atoms. The Morgan fingerprint density at radius 3 is 3.00 bits per heavy atom. The first-order chi connectivity index (χ1) is 5.83. The quantitative estimate of drug-likeness (QED) is 0.742. The number of aryl methyl sites for hydroxylation is 1. The minimum Gasteiger partial charge on any atom is -0.364 e. The molecular weight excluding hydrogens is 188 g/mol. The van der Waals surface area contributed by atoms with Crippen molar-refractivity contribution in [2.45, 2.75) is 18.8 Å². The topological polar surface area (TPSA) is 38.1 Å². The van der Waals surface area contributed by atoms with Crippen LogP contribution in [0, 0.1) is 12.8 Å². The first kappa shape index (κ1) is 9.03. The van der Waals surface area contributed by atoms with Crippen molar-refractivity contribution in [2.24, 2.45) is 5.92 Å². The van der Waals surface area contributed by atoms with Gasteiger partial charge in [-0.25, -0.2) is 0 Å². The first-order valence-electron chi connectivity index (χ1n) is 4.45. The van der Waals surface area contributed by atoms with Gasteiger partial charge in [-0.2, -0.15) is 0 Å². The second-order valence-corrected chi connectivity index (χ2v) is 4.03. The predicted octanol–water partition coefficient (Wildman–Crippen LogP) is 1.27. The number of nitrogens with one attached hydrogen (secondary N) is 1. The molecule has 1 saturated heterocycles. The van der Waals surface area contributed by atoms with E-state index in [4.69, 9.17) is 4.52 Å². The van der Waals surface area contributed by atoms with Crippen molar-refractivity contribution in [3.05, 3.63) is 17.5 Å². The van der Waals surface area contributed by atoms with Gasteiger partial charge in [0.1, 0.15) is 6.26 Å². The molecule has 2 unspecified atom stereocenters. The minimum absolute atomic E-state index is 0. The van der Waals surface area contributed by atoms with E-state index in [1.807, 2.05) is 0 Å². The van der Waals surface area contributed by atoms with Gasteiger partial charge in [0.25, 0.3) is 0 Å². The molecule has 72 valence electrons. The van der Waals surface area contributed by atoms with Crippen LogP contribution in [0.1, 0.15) is 17.7 Å². The summed E-state index contributed by atoms with van der Waals surface area (Å²) in [5, 5.41) is 7.49. The van der Waals surface area contributed by atoms with Gasteiger partial charge in [0, 0.05) is 17.5 Å². The van der Waals surface area contributed by atoms with Crippen molar-refractivity contribution < 1.29 is 4.52 Å². The fraction of sp³-hybridized carbons (Fsp3) is 0.667. The van der Waals surface area contributed by atoms with Crippen LogP contribution in [0.25, 0.3) is 0 Å². The van der Waals surface area contributed by atoms with Gasteiger partial charge in [0.2, 0.25) is 0 Å². The molecule has 0 radical (unpaired) electrons. The van der Waals surface area contributed by atoms with Crippen LogP contribution in [0.2, 0.25) is 0 Å². The lowest BCUT2D eigenvalue weighted by Gasteiger charge is -2.07. The Kier molecular flexibility index (Phi) is 1.89. The maximum atomic E-state index is 4.97. The van der Waals surface area contributed by atoms with Crippen molar-refractivity contribution in [1.29, 1.82) is 0 Å². The zero-order valence-corrected chi connectivity index (χ0v) is 8.36. The molecule has 2 aliphatic rings. The van der Waals surface area contributed by atoms with Gasteiger partial charge < -0.3 is 9.84 Å². The van der Waals surface area contributed by atoms with Crippen LogP contribution in [-0.4, -0.2) is 18.2 Å². The molecule has 0 aromatic carbocycles. The zero-order chi connectivity index (χ0) is 8.18. The molecular formula is C9H13ClN2O. The highest BCUT2D eigenvalue weighted by Gasteiger charge is 2.60. The Morgan fingerprint density at radius 1 is 1.69 bits per heavy atom. The van der Waals surface area contributed by atoms with Gasteiger partial charge in [-0.15, -0.1) is 12.4 Å². The number of aromatic nitrogens is 1. The second kappa shape index (κ2) is 2.72. The zero-order valence-electron chi connectivity index (χ0n) is 7.54. The third-order valence-corrected chi connectivity index (χ3v) is 3.28. The highest BCUT2D eigenvalue weighted by Crippen LogP contribution is 2.56. The molecule has 13 heavy (non-hydrogen) atoms. The van der Waals surface area contributed by atoms with Crippen LogP contribution in [0.5, 0.6) is 0 Å². The third kappa shape index (κ3) is 1.04. The van der Waals surface area contributed by atoms with Crippen molar-refractivity contribution in [3.8, 4) is 0 Å². The Labute approximate surface area is 83.3 Å². The number of halogens is 1. The number of hydrogen-bond acceptors (Lipinski definition) is 3. The molecule has 0 spiro atoms. The summed E-state index contributed by atoms with van der Waals surface area (Å²) in [6, 6.07) is 0. The summed E-state index contributed by atoms with van der Waals surface area (Å²) >= 11 is 0. The summed E-state index contributed by atoms with van der Waals surface area (Å²) in [4.78, 5) is 0. The van der Waals surface area contributed by atoms with Gasteiger partial charge in [-0.1, -0.05) is 5.16 Å². The van der Waals surface area contributed by atoms with E-state index in [9.17, 15) is 0 Å². The maximum absolute atomic E-state index is 4.97. The van der Waals surface area contributed by atoms with E-state index in [1.165, 1.54) is 17.7 Å². The van der Waals surface area contributed by atoms with Gasteiger partial charge in [-0.05, 0) is 25.8 Å². The summed E-state index contributed by atoms with van der Waals surface area (Å²) in [5.41, 5.74) is 2.76. The normalized spacial score (nSPS) is 35.3. The van der Waals surface area contributed by atoms with Gasteiger partial charge in [-0.3, -0.25) is 0 Å². The number of piperidine rings is 1.